The maximum absolute atomic E-state index is 13.0. The Morgan fingerprint density at radius 2 is 1.95 bits per heavy atom. The van der Waals surface area contributed by atoms with E-state index in [0.717, 1.165) is 5.56 Å². The fourth-order valence-electron chi connectivity index (χ4n) is 1.85. The number of ether oxygens (including phenoxy) is 1. The van der Waals surface area contributed by atoms with Crippen LogP contribution in [0, 0.1) is 17.1 Å². The molecular formula is C16H13ClFNO. The van der Waals surface area contributed by atoms with E-state index in [2.05, 4.69) is 6.07 Å². The summed E-state index contributed by atoms with van der Waals surface area (Å²) in [7, 11) is 0. The van der Waals surface area contributed by atoms with Gasteiger partial charge in [0.25, 0.3) is 0 Å². The maximum atomic E-state index is 13.0. The van der Waals surface area contributed by atoms with Gasteiger partial charge in [0, 0.05) is 17.5 Å². The summed E-state index contributed by atoms with van der Waals surface area (Å²) in [6.45, 7) is 0.351. The van der Waals surface area contributed by atoms with E-state index in [1.54, 1.807) is 24.3 Å². The topological polar surface area (TPSA) is 33.0 Å². The van der Waals surface area contributed by atoms with Crippen molar-refractivity contribution < 1.29 is 9.13 Å². The first-order chi connectivity index (χ1) is 9.69. The highest BCUT2D eigenvalue weighted by atomic mass is 35.5. The van der Waals surface area contributed by atoms with Gasteiger partial charge in [0.2, 0.25) is 0 Å². The second-order valence-corrected chi connectivity index (χ2v) is 4.76. The van der Waals surface area contributed by atoms with Crippen LogP contribution in [-0.4, -0.2) is 6.61 Å². The van der Waals surface area contributed by atoms with Gasteiger partial charge in [-0.15, -0.1) is 0 Å². The Labute approximate surface area is 122 Å². The lowest BCUT2D eigenvalue weighted by molar-refractivity contribution is 0.304. The van der Waals surface area contributed by atoms with E-state index in [-0.39, 0.29) is 11.7 Å². The van der Waals surface area contributed by atoms with Crippen LogP contribution in [0.15, 0.2) is 48.5 Å². The predicted molar refractivity (Wildman–Crippen MR) is 76.3 cm³/mol. The molecule has 2 aromatic rings. The van der Waals surface area contributed by atoms with E-state index < -0.39 is 0 Å². The second kappa shape index (κ2) is 6.93. The summed E-state index contributed by atoms with van der Waals surface area (Å²) in [5.41, 5.74) is 0.903. The van der Waals surface area contributed by atoms with Crippen LogP contribution in [0.25, 0.3) is 0 Å². The molecule has 0 aliphatic heterocycles. The molecule has 0 heterocycles. The lowest BCUT2D eigenvalue weighted by Crippen LogP contribution is -2.04. The minimum Gasteiger partial charge on any atom is -0.493 e. The summed E-state index contributed by atoms with van der Waals surface area (Å²) in [6.07, 6.45) is 0.536. The summed E-state index contributed by atoms with van der Waals surface area (Å²) < 4.78 is 18.4. The highest BCUT2D eigenvalue weighted by Crippen LogP contribution is 2.21. The summed E-state index contributed by atoms with van der Waals surface area (Å²) in [4.78, 5) is 0. The van der Waals surface area contributed by atoms with Crippen molar-refractivity contribution in [1.82, 2.24) is 0 Å². The maximum Gasteiger partial charge on any atom is 0.126 e. The van der Waals surface area contributed by atoms with Crippen molar-refractivity contribution in [3.05, 3.63) is 64.9 Å². The molecule has 2 rings (SSSR count). The minimum absolute atomic E-state index is 0.263. The molecule has 0 spiro atoms. The normalized spacial score (nSPS) is 11.7. The van der Waals surface area contributed by atoms with E-state index in [9.17, 15) is 9.65 Å². The molecule has 0 saturated heterocycles. The molecule has 0 bridgehead atoms. The monoisotopic (exact) mass is 289 g/mol. The molecule has 0 fully saturated rings. The molecule has 2 nitrogen and oxygen atoms in total. The number of hydrogen-bond donors (Lipinski definition) is 0. The molecule has 0 N–H and O–H groups in total. The van der Waals surface area contributed by atoms with E-state index in [4.69, 9.17) is 16.3 Å². The molecule has 0 amide bonds. The van der Waals surface area contributed by atoms with Crippen molar-refractivity contribution in [1.29, 1.82) is 5.26 Å². The smallest absolute Gasteiger partial charge is 0.126 e. The van der Waals surface area contributed by atoms with Gasteiger partial charge in [0.15, 0.2) is 0 Å². The zero-order chi connectivity index (χ0) is 14.4. The molecule has 0 aliphatic carbocycles. The molecule has 102 valence electrons. The first-order valence-electron chi connectivity index (χ1n) is 6.22. The third-order valence-corrected chi connectivity index (χ3v) is 3.15. The van der Waals surface area contributed by atoms with Crippen molar-refractivity contribution in [3.8, 4) is 11.8 Å². The largest absolute Gasteiger partial charge is 0.493 e. The number of nitriles is 1. The quantitative estimate of drug-likeness (QED) is 0.808. The van der Waals surface area contributed by atoms with Gasteiger partial charge in [-0.3, -0.25) is 0 Å². The molecule has 2 aromatic carbocycles. The zero-order valence-corrected chi connectivity index (χ0v) is 11.5. The van der Waals surface area contributed by atoms with Gasteiger partial charge in [-0.25, -0.2) is 4.39 Å². The van der Waals surface area contributed by atoms with Gasteiger partial charge in [-0.1, -0.05) is 29.8 Å². The Kier molecular flexibility index (Phi) is 4.97. The molecule has 1 atom stereocenters. The van der Waals surface area contributed by atoms with Gasteiger partial charge in [0.1, 0.15) is 11.6 Å². The summed E-state index contributed by atoms with van der Waals surface area (Å²) in [5.74, 6) is -0.129. The Hall–Kier alpha value is -2.05. The molecule has 0 saturated carbocycles. The molecule has 0 aliphatic rings. The van der Waals surface area contributed by atoms with Crippen LogP contribution in [0.2, 0.25) is 5.02 Å². The van der Waals surface area contributed by atoms with Crippen molar-refractivity contribution in [2.45, 2.75) is 12.3 Å². The number of hydrogen-bond acceptors (Lipinski definition) is 2. The molecular weight excluding hydrogens is 277 g/mol. The highest BCUT2D eigenvalue weighted by molar-refractivity contribution is 6.30. The van der Waals surface area contributed by atoms with Gasteiger partial charge < -0.3 is 4.74 Å². The number of halogens is 2. The van der Waals surface area contributed by atoms with Crippen LogP contribution < -0.4 is 4.74 Å². The van der Waals surface area contributed by atoms with Crippen LogP contribution in [0.3, 0.4) is 0 Å². The van der Waals surface area contributed by atoms with Crippen LogP contribution in [0.1, 0.15) is 17.9 Å². The fourth-order valence-corrected chi connectivity index (χ4v) is 1.98. The fraction of sp³-hybridized carbons (Fsp3) is 0.188. The van der Waals surface area contributed by atoms with Crippen LogP contribution in [0.4, 0.5) is 4.39 Å². The summed E-state index contributed by atoms with van der Waals surface area (Å²) in [5, 5.41) is 9.83. The van der Waals surface area contributed by atoms with Gasteiger partial charge in [-0.2, -0.15) is 5.26 Å². The minimum atomic E-state index is -0.336. The lowest BCUT2D eigenvalue weighted by Gasteiger charge is -2.11. The van der Waals surface area contributed by atoms with Gasteiger partial charge >= 0.3 is 0 Å². The van der Waals surface area contributed by atoms with Crippen molar-refractivity contribution in [2.75, 3.05) is 6.61 Å². The van der Waals surface area contributed by atoms with E-state index in [1.165, 1.54) is 12.1 Å². The predicted octanol–water partition coefficient (Wildman–Crippen LogP) is 4.56. The summed E-state index contributed by atoms with van der Waals surface area (Å²) in [6, 6.07) is 15.4. The van der Waals surface area contributed by atoms with Gasteiger partial charge in [0.05, 0.1) is 18.6 Å². The van der Waals surface area contributed by atoms with Crippen LogP contribution >= 0.6 is 11.6 Å². The highest BCUT2D eigenvalue weighted by Gasteiger charge is 2.10. The first kappa shape index (κ1) is 14.4. The third-order valence-electron chi connectivity index (χ3n) is 2.90. The molecule has 0 radical (unpaired) electrons. The van der Waals surface area contributed by atoms with E-state index in [0.29, 0.717) is 23.8 Å². The second-order valence-electron chi connectivity index (χ2n) is 4.33. The molecule has 0 aromatic heterocycles. The molecule has 1 unspecified atom stereocenters. The average Bonchev–Trinajstić information content (AvgIpc) is 2.45. The summed E-state index contributed by atoms with van der Waals surface area (Å²) >= 11 is 5.82. The number of nitrogens with zero attached hydrogens (tertiary/aromatic N) is 1. The molecule has 4 heteroatoms. The first-order valence-corrected chi connectivity index (χ1v) is 6.60. The Bertz CT molecular complexity index is 607. The van der Waals surface area contributed by atoms with Crippen molar-refractivity contribution in [3.63, 3.8) is 0 Å². The number of rotatable bonds is 5. The van der Waals surface area contributed by atoms with Crippen molar-refractivity contribution in [2.24, 2.45) is 0 Å². The van der Waals surface area contributed by atoms with Crippen molar-refractivity contribution >= 4 is 11.6 Å². The Morgan fingerprint density at radius 1 is 1.20 bits per heavy atom. The molecule has 20 heavy (non-hydrogen) atoms. The van der Waals surface area contributed by atoms with E-state index >= 15 is 0 Å². The SMILES string of the molecule is N#CC(CCOc1cccc(F)c1)c1ccc(Cl)cc1. The number of benzene rings is 2. The average molecular weight is 290 g/mol. The van der Waals surface area contributed by atoms with E-state index in [1.807, 2.05) is 12.1 Å². The Morgan fingerprint density at radius 3 is 2.60 bits per heavy atom. The van der Waals surface area contributed by atoms with Crippen LogP contribution in [-0.2, 0) is 0 Å². The third kappa shape index (κ3) is 3.97. The van der Waals surface area contributed by atoms with Gasteiger partial charge in [-0.05, 0) is 29.8 Å². The standard InChI is InChI=1S/C16H13ClFNO/c17-14-6-4-12(5-7-14)13(11-19)8-9-20-16-3-1-2-15(18)10-16/h1-7,10,13H,8-9H2. The lowest BCUT2D eigenvalue weighted by atomic mass is 9.98. The zero-order valence-electron chi connectivity index (χ0n) is 10.7. The van der Waals surface area contributed by atoms with Crippen LogP contribution in [0.5, 0.6) is 5.75 Å². The Balaban J connectivity index is 1.92.